The molecule has 0 saturated carbocycles. The molecule has 1 rings (SSSR count). The lowest BCUT2D eigenvalue weighted by Gasteiger charge is -2.16. The zero-order valence-electron chi connectivity index (χ0n) is 10.0. The highest BCUT2D eigenvalue weighted by Crippen LogP contribution is 2.39. The summed E-state index contributed by atoms with van der Waals surface area (Å²) < 4.78 is 11.4. The van der Waals surface area contributed by atoms with Gasteiger partial charge in [-0.25, -0.2) is 0 Å². The number of hydrogen-bond acceptors (Lipinski definition) is 3. The molecule has 0 bridgehead atoms. The van der Waals surface area contributed by atoms with Gasteiger partial charge in [-0.15, -0.1) is 0 Å². The van der Waals surface area contributed by atoms with Crippen LogP contribution in [0.1, 0.15) is 18.1 Å². The molecule has 1 N–H and O–H groups in total. The normalized spacial score (nSPS) is 12.4. The SMILES string of the molecule is COc1cc(CC(C)O)c(C)c(Br)c1OC. The molecule has 0 heterocycles. The van der Waals surface area contributed by atoms with Crippen molar-refractivity contribution in [2.75, 3.05) is 14.2 Å². The maximum atomic E-state index is 9.42. The first-order chi connectivity index (χ1) is 7.51. The lowest BCUT2D eigenvalue weighted by molar-refractivity contribution is 0.195. The average molecular weight is 289 g/mol. The summed E-state index contributed by atoms with van der Waals surface area (Å²) in [5.41, 5.74) is 2.12. The van der Waals surface area contributed by atoms with Gasteiger partial charge in [-0.3, -0.25) is 0 Å². The number of benzene rings is 1. The molecule has 90 valence electrons. The highest BCUT2D eigenvalue weighted by atomic mass is 79.9. The van der Waals surface area contributed by atoms with Gasteiger partial charge in [0.15, 0.2) is 11.5 Å². The first kappa shape index (κ1) is 13.3. The van der Waals surface area contributed by atoms with Gasteiger partial charge in [0, 0.05) is 0 Å². The summed E-state index contributed by atoms with van der Waals surface area (Å²) in [4.78, 5) is 0. The van der Waals surface area contributed by atoms with Crippen LogP contribution in [0.4, 0.5) is 0 Å². The van der Waals surface area contributed by atoms with E-state index in [-0.39, 0.29) is 6.10 Å². The molecule has 0 aromatic heterocycles. The van der Waals surface area contributed by atoms with E-state index in [4.69, 9.17) is 9.47 Å². The standard InChI is InChI=1S/C12H17BrO3/c1-7(14)5-9-6-10(15-3)12(16-4)11(13)8(9)2/h6-7,14H,5H2,1-4H3. The Bertz CT molecular complexity index is 375. The van der Waals surface area contributed by atoms with Gasteiger partial charge in [0.2, 0.25) is 0 Å². The molecule has 1 aromatic rings. The van der Waals surface area contributed by atoms with Crippen LogP contribution in [-0.4, -0.2) is 25.4 Å². The lowest BCUT2D eigenvalue weighted by Crippen LogP contribution is -2.07. The minimum atomic E-state index is -0.372. The molecular weight excluding hydrogens is 272 g/mol. The predicted octanol–water partition coefficient (Wildman–Crippen LogP) is 2.70. The summed E-state index contributed by atoms with van der Waals surface area (Å²) in [5, 5.41) is 9.42. The van der Waals surface area contributed by atoms with Gasteiger partial charge >= 0.3 is 0 Å². The molecular formula is C12H17BrO3. The Morgan fingerprint density at radius 2 is 2.00 bits per heavy atom. The average Bonchev–Trinajstić information content (AvgIpc) is 2.24. The molecule has 16 heavy (non-hydrogen) atoms. The Morgan fingerprint density at radius 1 is 1.38 bits per heavy atom. The van der Waals surface area contributed by atoms with E-state index in [0.29, 0.717) is 17.9 Å². The minimum absolute atomic E-state index is 0.372. The summed E-state index contributed by atoms with van der Waals surface area (Å²) in [7, 11) is 3.21. The Labute approximate surface area is 105 Å². The van der Waals surface area contributed by atoms with Crippen molar-refractivity contribution in [3.05, 3.63) is 21.7 Å². The van der Waals surface area contributed by atoms with Gasteiger partial charge < -0.3 is 14.6 Å². The number of ether oxygens (including phenoxy) is 2. The zero-order chi connectivity index (χ0) is 12.3. The van der Waals surface area contributed by atoms with Gasteiger partial charge in [0.05, 0.1) is 24.8 Å². The molecule has 4 heteroatoms. The van der Waals surface area contributed by atoms with E-state index in [1.165, 1.54) is 0 Å². The quantitative estimate of drug-likeness (QED) is 0.926. The number of rotatable bonds is 4. The van der Waals surface area contributed by atoms with E-state index in [1.54, 1.807) is 21.1 Å². The Morgan fingerprint density at radius 3 is 2.44 bits per heavy atom. The third-order valence-electron chi connectivity index (χ3n) is 2.48. The highest BCUT2D eigenvalue weighted by Gasteiger charge is 2.15. The number of aliphatic hydroxyl groups is 1. The van der Waals surface area contributed by atoms with Crippen LogP contribution in [0.15, 0.2) is 10.5 Å². The van der Waals surface area contributed by atoms with Crippen LogP contribution in [0.2, 0.25) is 0 Å². The van der Waals surface area contributed by atoms with Gasteiger partial charge in [-0.1, -0.05) is 0 Å². The van der Waals surface area contributed by atoms with E-state index >= 15 is 0 Å². The molecule has 1 unspecified atom stereocenters. The van der Waals surface area contributed by atoms with E-state index in [0.717, 1.165) is 15.6 Å². The summed E-state index contributed by atoms with van der Waals surface area (Å²) in [6, 6.07) is 1.91. The molecule has 0 radical (unpaired) electrons. The maximum Gasteiger partial charge on any atom is 0.175 e. The second-order valence-corrected chi connectivity index (χ2v) is 4.56. The molecule has 1 atom stereocenters. The Balaban J connectivity index is 3.27. The van der Waals surface area contributed by atoms with E-state index in [2.05, 4.69) is 15.9 Å². The molecule has 0 aliphatic carbocycles. The molecule has 3 nitrogen and oxygen atoms in total. The van der Waals surface area contributed by atoms with Crippen molar-refractivity contribution in [3.8, 4) is 11.5 Å². The van der Waals surface area contributed by atoms with Gasteiger partial charge in [-0.05, 0) is 53.4 Å². The molecule has 0 spiro atoms. The Hall–Kier alpha value is -0.740. The Kier molecular flexibility index (Phi) is 4.62. The van der Waals surface area contributed by atoms with Crippen molar-refractivity contribution in [2.24, 2.45) is 0 Å². The monoisotopic (exact) mass is 288 g/mol. The van der Waals surface area contributed by atoms with Crippen molar-refractivity contribution in [1.82, 2.24) is 0 Å². The first-order valence-corrected chi connectivity index (χ1v) is 5.88. The number of aliphatic hydroxyl groups excluding tert-OH is 1. The third-order valence-corrected chi connectivity index (χ3v) is 3.43. The van der Waals surface area contributed by atoms with Crippen molar-refractivity contribution in [1.29, 1.82) is 0 Å². The molecule has 0 fully saturated rings. The number of methoxy groups -OCH3 is 2. The molecule has 1 aromatic carbocycles. The van der Waals surface area contributed by atoms with Crippen molar-refractivity contribution >= 4 is 15.9 Å². The van der Waals surface area contributed by atoms with Crippen LogP contribution < -0.4 is 9.47 Å². The van der Waals surface area contributed by atoms with Crippen LogP contribution in [0, 0.1) is 6.92 Å². The predicted molar refractivity (Wildman–Crippen MR) is 67.4 cm³/mol. The van der Waals surface area contributed by atoms with Crippen LogP contribution in [0.5, 0.6) is 11.5 Å². The largest absolute Gasteiger partial charge is 0.493 e. The van der Waals surface area contributed by atoms with Crippen LogP contribution in [-0.2, 0) is 6.42 Å². The first-order valence-electron chi connectivity index (χ1n) is 5.09. The summed E-state index contributed by atoms with van der Waals surface area (Å²) in [6.07, 6.45) is 0.230. The number of hydrogen-bond donors (Lipinski definition) is 1. The van der Waals surface area contributed by atoms with E-state index < -0.39 is 0 Å². The van der Waals surface area contributed by atoms with Crippen molar-refractivity contribution in [2.45, 2.75) is 26.4 Å². The van der Waals surface area contributed by atoms with E-state index in [9.17, 15) is 5.11 Å². The van der Waals surface area contributed by atoms with Gasteiger partial charge in [0.1, 0.15) is 0 Å². The molecule has 0 aliphatic rings. The van der Waals surface area contributed by atoms with Crippen LogP contribution in [0.3, 0.4) is 0 Å². The van der Waals surface area contributed by atoms with Crippen molar-refractivity contribution < 1.29 is 14.6 Å². The minimum Gasteiger partial charge on any atom is -0.493 e. The van der Waals surface area contributed by atoms with Gasteiger partial charge in [0.25, 0.3) is 0 Å². The van der Waals surface area contributed by atoms with Gasteiger partial charge in [-0.2, -0.15) is 0 Å². The fourth-order valence-corrected chi connectivity index (χ4v) is 2.24. The molecule has 0 amide bonds. The summed E-state index contributed by atoms with van der Waals surface area (Å²) in [6.45, 7) is 3.76. The van der Waals surface area contributed by atoms with E-state index in [1.807, 2.05) is 13.0 Å². The fraction of sp³-hybridized carbons (Fsp3) is 0.500. The topological polar surface area (TPSA) is 38.7 Å². The smallest absolute Gasteiger partial charge is 0.175 e. The summed E-state index contributed by atoms with van der Waals surface area (Å²) >= 11 is 3.49. The molecule has 0 saturated heterocycles. The second kappa shape index (κ2) is 5.55. The van der Waals surface area contributed by atoms with Crippen molar-refractivity contribution in [3.63, 3.8) is 0 Å². The highest BCUT2D eigenvalue weighted by molar-refractivity contribution is 9.10. The maximum absolute atomic E-state index is 9.42. The van der Waals surface area contributed by atoms with Crippen LogP contribution >= 0.6 is 15.9 Å². The second-order valence-electron chi connectivity index (χ2n) is 3.76. The summed E-state index contributed by atoms with van der Waals surface area (Å²) in [5.74, 6) is 1.37. The zero-order valence-corrected chi connectivity index (χ0v) is 11.6. The van der Waals surface area contributed by atoms with Crippen LogP contribution in [0.25, 0.3) is 0 Å². The lowest BCUT2D eigenvalue weighted by atomic mass is 10.0. The number of halogens is 1. The fourth-order valence-electron chi connectivity index (χ4n) is 1.62. The molecule has 0 aliphatic heterocycles. The third kappa shape index (κ3) is 2.68.